The number of carbonyl (C=O) groups is 4. The molecule has 32 heteroatoms. The molecule has 9 rings (SSSR count). The summed E-state index contributed by atoms with van der Waals surface area (Å²) in [5, 5.41) is 37.9. The molecule has 28 nitrogen and oxygen atoms in total. The van der Waals surface area contributed by atoms with Crippen LogP contribution in [0.3, 0.4) is 0 Å². The van der Waals surface area contributed by atoms with E-state index in [1.165, 1.54) is 43.8 Å². The van der Waals surface area contributed by atoms with Gasteiger partial charge in [-0.05, 0) is 195 Å². The Balaban J connectivity index is 0.000000220. The summed E-state index contributed by atoms with van der Waals surface area (Å²) in [6.45, 7) is 33.1. The van der Waals surface area contributed by atoms with Crippen molar-refractivity contribution in [3.05, 3.63) is 33.5 Å². The molecule has 4 aromatic heterocycles. The van der Waals surface area contributed by atoms with Crippen LogP contribution in [-0.2, 0) is 70.4 Å². The summed E-state index contributed by atoms with van der Waals surface area (Å²) in [6, 6.07) is 3.89. The average molecular weight is 1530 g/mol. The predicted octanol–water partition coefficient (Wildman–Crippen LogP) is 7.87. The van der Waals surface area contributed by atoms with Crippen LogP contribution >= 0.6 is 22.7 Å². The molecular formula is C73H112N16O12S4. The molecule has 5 saturated heterocycles. The van der Waals surface area contributed by atoms with Crippen LogP contribution in [0.4, 0.5) is 22.0 Å². The van der Waals surface area contributed by atoms with Gasteiger partial charge in [0.05, 0.1) is 56.8 Å². The predicted molar refractivity (Wildman–Crippen MR) is 411 cm³/mol. The number of piperidine rings is 2. The Morgan fingerprint density at radius 2 is 0.886 bits per heavy atom. The highest BCUT2D eigenvalue weighted by Crippen LogP contribution is 2.34. The van der Waals surface area contributed by atoms with Crippen molar-refractivity contribution in [2.75, 3.05) is 121 Å². The Bertz CT molecular complexity index is 3860. The number of likely N-dealkylation sites (N-methyl/N-ethyl adjacent to an activating group) is 3. The molecule has 0 aliphatic carbocycles. The van der Waals surface area contributed by atoms with E-state index in [4.69, 9.17) is 44.2 Å². The summed E-state index contributed by atoms with van der Waals surface area (Å²) >= 11 is 2.60. The Morgan fingerprint density at radius 1 is 0.514 bits per heavy atom. The van der Waals surface area contributed by atoms with Gasteiger partial charge in [0.2, 0.25) is 65.7 Å². The van der Waals surface area contributed by atoms with Crippen LogP contribution in [0.5, 0.6) is 0 Å². The quantitative estimate of drug-likeness (QED) is 0.0544. The molecule has 0 unspecified atom stereocenters. The molecule has 1 atom stereocenters. The number of aromatic nitrogens is 6. The fraction of sp³-hybridized carbons (Fsp3) is 0.699. The van der Waals surface area contributed by atoms with Gasteiger partial charge >= 0.3 is 0 Å². The molecule has 0 aromatic carbocycles. The lowest BCUT2D eigenvalue weighted by Gasteiger charge is -2.43. The van der Waals surface area contributed by atoms with Crippen molar-refractivity contribution in [2.24, 2.45) is 5.92 Å². The molecule has 0 saturated carbocycles. The minimum atomic E-state index is -3.18. The van der Waals surface area contributed by atoms with Crippen LogP contribution in [0, 0.1) is 55.3 Å². The molecule has 0 spiro atoms. The Morgan fingerprint density at radius 3 is 1.28 bits per heavy atom. The van der Waals surface area contributed by atoms with Gasteiger partial charge in [-0.1, -0.05) is 56.7 Å². The lowest BCUT2D eigenvalue weighted by atomic mass is 9.91. The zero-order valence-corrected chi connectivity index (χ0v) is 68.2. The van der Waals surface area contributed by atoms with Crippen LogP contribution in [0.2, 0.25) is 0 Å². The van der Waals surface area contributed by atoms with Gasteiger partial charge in [-0.3, -0.25) is 60.0 Å². The van der Waals surface area contributed by atoms with Gasteiger partial charge in [0.25, 0.3) is 0 Å². The number of hydrogen-bond acceptors (Lipinski definition) is 24. The van der Waals surface area contributed by atoms with Gasteiger partial charge in [-0.15, -0.1) is 46.1 Å². The zero-order valence-electron chi connectivity index (χ0n) is 64.9. The Hall–Kier alpha value is -6.76. The van der Waals surface area contributed by atoms with Crippen LogP contribution in [0.15, 0.2) is 21.2 Å². The van der Waals surface area contributed by atoms with E-state index in [0.29, 0.717) is 96.4 Å². The third-order valence-corrected chi connectivity index (χ3v) is 25.9. The Labute approximate surface area is 631 Å². The summed E-state index contributed by atoms with van der Waals surface area (Å²) in [5.41, 5.74) is -3.20. The number of nitrogens with one attached hydrogen (secondary N) is 4. The summed E-state index contributed by atoms with van der Waals surface area (Å²) in [4.78, 5) is 59.7. The van der Waals surface area contributed by atoms with Crippen molar-refractivity contribution in [1.82, 2.24) is 58.9 Å². The molecule has 5 fully saturated rings. The largest absolute Gasteiger partial charge is 0.381 e. The number of terminal acetylenes is 4. The van der Waals surface area contributed by atoms with E-state index in [-0.39, 0.29) is 47.6 Å². The molecular weight excluding hydrogens is 1420 g/mol. The van der Waals surface area contributed by atoms with Crippen molar-refractivity contribution in [3.8, 4) is 49.4 Å². The lowest BCUT2D eigenvalue weighted by molar-refractivity contribution is -0.128. The zero-order chi connectivity index (χ0) is 78.5. The van der Waals surface area contributed by atoms with E-state index in [9.17, 15) is 36.0 Å². The van der Waals surface area contributed by atoms with Gasteiger partial charge < -0.3 is 18.5 Å². The fourth-order valence-corrected chi connectivity index (χ4v) is 15.5. The molecule has 9 heterocycles. The van der Waals surface area contributed by atoms with E-state index in [1.54, 1.807) is 12.1 Å². The molecule has 0 radical (unpaired) electrons. The van der Waals surface area contributed by atoms with Crippen molar-refractivity contribution >= 4 is 88.4 Å². The third kappa shape index (κ3) is 23.1. The van der Waals surface area contributed by atoms with E-state index < -0.39 is 58.3 Å². The second-order valence-electron chi connectivity index (χ2n) is 31.3. The molecule has 4 amide bonds. The van der Waals surface area contributed by atoms with Gasteiger partial charge in [0.1, 0.15) is 21.4 Å². The maximum atomic E-state index is 12.9. The smallest absolute Gasteiger partial charge is 0.246 e. The first-order chi connectivity index (χ1) is 48.7. The highest BCUT2D eigenvalue weighted by molar-refractivity contribution is 7.88. The first-order valence-corrected chi connectivity index (χ1v) is 40.9. The highest BCUT2D eigenvalue weighted by Gasteiger charge is 2.43. The monoisotopic (exact) mass is 1530 g/mol. The number of ether oxygens (including phenoxy) is 2. The molecule has 5 aliphatic heterocycles. The maximum Gasteiger partial charge on any atom is 0.246 e. The summed E-state index contributed by atoms with van der Waals surface area (Å²) in [7, 11) is -0.582. The van der Waals surface area contributed by atoms with Crippen molar-refractivity contribution in [2.45, 2.75) is 224 Å². The number of hydrogen-bond donors (Lipinski definition) is 4. The molecule has 4 aromatic rings. The summed E-state index contributed by atoms with van der Waals surface area (Å²) in [6.07, 6.45) is 33.2. The van der Waals surface area contributed by atoms with Crippen LogP contribution in [0.1, 0.15) is 183 Å². The minimum absolute atomic E-state index is 0.0276. The number of sulfonamides is 2. The number of rotatable bonds is 22. The van der Waals surface area contributed by atoms with E-state index in [2.05, 4.69) is 85.5 Å². The van der Waals surface area contributed by atoms with E-state index >= 15 is 0 Å². The first kappa shape index (κ1) is 87.2. The second-order valence-corrected chi connectivity index (χ2v) is 37.2. The fourth-order valence-electron chi connectivity index (χ4n) is 12.1. The molecule has 580 valence electrons. The number of anilines is 4. The Kier molecular flexibility index (Phi) is 29.9. The van der Waals surface area contributed by atoms with Crippen molar-refractivity contribution in [1.29, 1.82) is 0 Å². The average Bonchev–Trinajstić information content (AvgIpc) is 1.47. The molecule has 5 aliphatic rings. The number of nitrogens with zero attached hydrogens (tertiary/aromatic N) is 12. The minimum Gasteiger partial charge on any atom is -0.381 e. The van der Waals surface area contributed by atoms with Gasteiger partial charge in [0.15, 0.2) is 0 Å². The molecule has 105 heavy (non-hydrogen) atoms. The SMILES string of the molecule is C#CC(C)(C)c1cc(NC(=O)C(C)(C)N(C)C2CCN(S(C)(=O)=O)CC2)on1.C#CC(C)(C)c1cc(NC(=O)[C@@H]2CCCN2C2CCOCC2)on1.C#CC(C)(C)c1nnc(NC(=O)C(C)(C)N(C)C2CCN(S(C)(=O)=O)CC2)s1.C#CC(C)(C)c1nnc(NC(=O)C(C)(C)N(C)CC2CCOCC2)s1. The third-order valence-electron chi connectivity index (χ3n) is 21.0. The van der Waals surface area contributed by atoms with Crippen molar-refractivity contribution < 1.29 is 54.5 Å². The number of likely N-dealkylation sites (tertiary alicyclic amines) is 1. The van der Waals surface area contributed by atoms with E-state index in [1.807, 2.05) is 128 Å². The van der Waals surface area contributed by atoms with Gasteiger partial charge in [-0.2, -0.15) is 0 Å². The number of amides is 4. The van der Waals surface area contributed by atoms with Crippen LogP contribution in [0.25, 0.3) is 0 Å². The normalized spacial score (nSPS) is 18.6. The lowest BCUT2D eigenvalue weighted by Crippen LogP contribution is -2.57. The second kappa shape index (κ2) is 36.0. The standard InChI is InChI=1S/C19H30N4O4S.C18H29N5O3S2.C18H28N4O2S.C18H25N3O3/c1-8-18(2,3)15-13-16(27-21-15)20-17(24)19(4,5)22(6)14-9-11-23(12-10-14)28(7,25)26;1-8-17(2,3)15-20-21-16(27-15)19-14(24)18(4,5)22(6)13-9-11-23(12-10-13)28(7,25)26;1-7-17(2,3)15-20-21-16(25-15)19-14(23)18(4,5)22(6)12-13-8-10-24-11-9-13;1-4-18(2,3)15-12-16(24-20-15)19-17(22)14-6-5-9-21(14)13-7-10-23-11-8-13/h1,13-14H,9-12H2,2-7H3,(H,20,24);1,13H,9-12H2,2-7H3,(H,19,21,24);1,13H,8-12H2,2-6H3,(H,19,21,23);1,12-14H,5-11H2,2-3H3,(H,19,22)/t;;;14-/m...0/s1. The van der Waals surface area contributed by atoms with Gasteiger partial charge in [-0.25, -0.2) is 25.4 Å². The van der Waals surface area contributed by atoms with Crippen LogP contribution in [-0.4, -0.2) is 240 Å². The van der Waals surface area contributed by atoms with Gasteiger partial charge in [0, 0.05) is 89.4 Å². The number of carbonyl (C=O) groups excluding carboxylic acids is 4. The van der Waals surface area contributed by atoms with Crippen LogP contribution < -0.4 is 21.3 Å². The van der Waals surface area contributed by atoms with Crippen molar-refractivity contribution in [3.63, 3.8) is 0 Å². The maximum absolute atomic E-state index is 12.9. The first-order valence-electron chi connectivity index (χ1n) is 35.5. The summed E-state index contributed by atoms with van der Waals surface area (Å²) < 4.78 is 71.0. The molecule has 4 N–H and O–H groups in total. The highest BCUT2D eigenvalue weighted by atomic mass is 32.2. The topological polar surface area (TPSA) is 326 Å². The van der Waals surface area contributed by atoms with E-state index in [0.717, 1.165) is 83.0 Å². The molecule has 0 bridgehead atoms. The summed E-state index contributed by atoms with van der Waals surface area (Å²) in [5.74, 6) is 11.3.